The summed E-state index contributed by atoms with van der Waals surface area (Å²) in [6.45, 7) is 7.84. The number of rotatable bonds is 5. The predicted octanol–water partition coefficient (Wildman–Crippen LogP) is 5.58. The van der Waals surface area contributed by atoms with Gasteiger partial charge in [0.2, 0.25) is 0 Å². The monoisotopic (exact) mass is 364 g/mol. The minimum absolute atomic E-state index is 0.0547. The van der Waals surface area contributed by atoms with Crippen LogP contribution in [0.25, 0.3) is 0 Å². The van der Waals surface area contributed by atoms with Crippen molar-refractivity contribution in [3.8, 4) is 0 Å². The molecule has 0 bridgehead atoms. The second kappa shape index (κ2) is 7.81. The van der Waals surface area contributed by atoms with Gasteiger partial charge in [0.05, 0.1) is 16.9 Å². The van der Waals surface area contributed by atoms with E-state index in [4.69, 9.17) is 0 Å². The molecule has 0 atom stereocenters. The van der Waals surface area contributed by atoms with E-state index in [0.717, 1.165) is 12.1 Å². The molecule has 0 saturated carbocycles. The number of carbonyl (C=O) groups is 1. The third-order valence-electron chi connectivity index (χ3n) is 4.00. The lowest BCUT2D eigenvalue weighted by Crippen LogP contribution is -2.37. The number of amides is 1. The molecule has 0 aliphatic carbocycles. The lowest BCUT2D eigenvalue weighted by atomic mass is 10.1. The fourth-order valence-corrected chi connectivity index (χ4v) is 2.97. The molecule has 26 heavy (non-hydrogen) atoms. The van der Waals surface area contributed by atoms with E-state index in [-0.39, 0.29) is 17.8 Å². The maximum atomic E-state index is 13.2. The van der Waals surface area contributed by atoms with E-state index in [1.807, 2.05) is 32.6 Å². The Bertz CT molecular complexity index is 747. The third-order valence-corrected chi connectivity index (χ3v) is 4.00. The number of carbonyl (C=O) groups excluding carboxylic acids is 1. The fraction of sp³-hybridized carbons (Fsp3) is 0.350. The molecule has 1 amide bonds. The van der Waals surface area contributed by atoms with Crippen LogP contribution in [0, 0.1) is 0 Å². The molecule has 6 heteroatoms. The van der Waals surface area contributed by atoms with Crippen LogP contribution in [0.3, 0.4) is 0 Å². The van der Waals surface area contributed by atoms with Gasteiger partial charge < -0.3 is 10.2 Å². The molecular weight excluding hydrogens is 341 g/mol. The molecule has 3 nitrogen and oxygen atoms in total. The fourth-order valence-electron chi connectivity index (χ4n) is 2.97. The highest BCUT2D eigenvalue weighted by Crippen LogP contribution is 2.37. The van der Waals surface area contributed by atoms with Crippen molar-refractivity contribution >= 4 is 17.3 Å². The Balaban J connectivity index is 2.50. The Morgan fingerprint density at radius 2 is 1.54 bits per heavy atom. The van der Waals surface area contributed by atoms with Gasteiger partial charge in [-0.1, -0.05) is 18.2 Å². The number of nitrogens with one attached hydrogen (secondary N) is 1. The average molecular weight is 364 g/mol. The van der Waals surface area contributed by atoms with E-state index in [9.17, 15) is 18.0 Å². The number of anilines is 2. The molecular formula is C20H23F3N2O. The first-order chi connectivity index (χ1) is 12.1. The van der Waals surface area contributed by atoms with Gasteiger partial charge in [-0.15, -0.1) is 0 Å². The van der Waals surface area contributed by atoms with Crippen LogP contribution in [-0.4, -0.2) is 18.0 Å². The maximum Gasteiger partial charge on any atom is 0.416 e. The van der Waals surface area contributed by atoms with Gasteiger partial charge in [0.15, 0.2) is 0 Å². The molecule has 2 aromatic rings. The van der Waals surface area contributed by atoms with Crippen molar-refractivity contribution in [3.63, 3.8) is 0 Å². The first-order valence-corrected chi connectivity index (χ1v) is 8.47. The summed E-state index contributed by atoms with van der Waals surface area (Å²) in [4.78, 5) is 14.5. The molecule has 0 aliphatic rings. The Morgan fingerprint density at radius 3 is 2.04 bits per heavy atom. The molecule has 0 fully saturated rings. The Hall–Kier alpha value is -2.50. The van der Waals surface area contributed by atoms with Crippen molar-refractivity contribution < 1.29 is 18.0 Å². The molecule has 140 valence electrons. The van der Waals surface area contributed by atoms with Gasteiger partial charge in [-0.05, 0) is 58.0 Å². The standard InChI is InChI=1S/C20H23F3N2O/c1-13(2)25(14(3)4)18-11-10-16(20(21,22)23)12-17(18)24-19(26)15-8-6-5-7-9-15/h5-14H,1-4H3,(H,24,26). The summed E-state index contributed by atoms with van der Waals surface area (Å²) in [5.74, 6) is -0.446. The highest BCUT2D eigenvalue weighted by Gasteiger charge is 2.32. The minimum Gasteiger partial charge on any atom is -0.365 e. The van der Waals surface area contributed by atoms with Crippen LogP contribution in [0.2, 0.25) is 0 Å². The Labute approximate surface area is 151 Å². The van der Waals surface area contributed by atoms with Crippen molar-refractivity contribution in [1.29, 1.82) is 0 Å². The topological polar surface area (TPSA) is 32.3 Å². The zero-order valence-electron chi connectivity index (χ0n) is 15.3. The summed E-state index contributed by atoms with van der Waals surface area (Å²) in [6, 6.07) is 12.0. The molecule has 0 aliphatic heterocycles. The molecule has 0 unspecified atom stereocenters. The number of hydrogen-bond donors (Lipinski definition) is 1. The van der Waals surface area contributed by atoms with E-state index in [1.165, 1.54) is 6.07 Å². The molecule has 0 aromatic heterocycles. The van der Waals surface area contributed by atoms with Crippen molar-refractivity contribution in [1.82, 2.24) is 0 Å². The number of hydrogen-bond acceptors (Lipinski definition) is 2. The van der Waals surface area contributed by atoms with Gasteiger partial charge >= 0.3 is 6.18 Å². The Kier molecular flexibility index (Phi) is 5.95. The van der Waals surface area contributed by atoms with Crippen molar-refractivity contribution in [2.24, 2.45) is 0 Å². The average Bonchev–Trinajstić information content (AvgIpc) is 2.55. The van der Waals surface area contributed by atoms with Crippen LogP contribution in [0.5, 0.6) is 0 Å². The summed E-state index contributed by atoms with van der Waals surface area (Å²) < 4.78 is 39.5. The zero-order valence-corrected chi connectivity index (χ0v) is 15.3. The lowest BCUT2D eigenvalue weighted by Gasteiger charge is -2.35. The summed E-state index contributed by atoms with van der Waals surface area (Å²) in [5.41, 5.74) is 0.303. The number of nitrogens with zero attached hydrogens (tertiary/aromatic N) is 1. The van der Waals surface area contributed by atoms with Crippen molar-refractivity contribution in [2.75, 3.05) is 10.2 Å². The first kappa shape index (κ1) is 19.8. The zero-order chi connectivity index (χ0) is 19.5. The molecule has 0 radical (unpaired) electrons. The van der Waals surface area contributed by atoms with Crippen LogP contribution >= 0.6 is 0 Å². The van der Waals surface area contributed by atoms with E-state index in [2.05, 4.69) is 5.32 Å². The Morgan fingerprint density at radius 1 is 0.962 bits per heavy atom. The number of halogens is 3. The molecule has 0 heterocycles. The van der Waals surface area contributed by atoms with E-state index >= 15 is 0 Å². The highest BCUT2D eigenvalue weighted by molar-refractivity contribution is 6.06. The van der Waals surface area contributed by atoms with Gasteiger partial charge in [-0.2, -0.15) is 13.2 Å². The van der Waals surface area contributed by atoms with Crippen molar-refractivity contribution in [3.05, 3.63) is 59.7 Å². The smallest absolute Gasteiger partial charge is 0.365 e. The predicted molar refractivity (Wildman–Crippen MR) is 98.6 cm³/mol. The SMILES string of the molecule is CC(C)N(c1ccc(C(F)(F)F)cc1NC(=O)c1ccccc1)C(C)C. The number of alkyl halides is 3. The first-order valence-electron chi connectivity index (χ1n) is 8.47. The summed E-state index contributed by atoms with van der Waals surface area (Å²) >= 11 is 0. The number of benzene rings is 2. The summed E-state index contributed by atoms with van der Waals surface area (Å²) in [6.07, 6.45) is -4.48. The van der Waals surface area contributed by atoms with Crippen LogP contribution in [0.1, 0.15) is 43.6 Å². The van der Waals surface area contributed by atoms with E-state index < -0.39 is 17.6 Å². The molecule has 0 saturated heterocycles. The maximum absolute atomic E-state index is 13.2. The molecule has 2 rings (SSSR count). The molecule has 1 N–H and O–H groups in total. The summed E-state index contributed by atoms with van der Waals surface area (Å²) in [5, 5.41) is 2.65. The summed E-state index contributed by atoms with van der Waals surface area (Å²) in [7, 11) is 0. The van der Waals surface area contributed by atoms with E-state index in [0.29, 0.717) is 11.3 Å². The highest BCUT2D eigenvalue weighted by atomic mass is 19.4. The second-order valence-electron chi connectivity index (χ2n) is 6.64. The van der Waals surface area contributed by atoms with Crippen LogP contribution < -0.4 is 10.2 Å². The van der Waals surface area contributed by atoms with Gasteiger partial charge in [-0.25, -0.2) is 0 Å². The van der Waals surface area contributed by atoms with Gasteiger partial charge in [0.1, 0.15) is 0 Å². The van der Waals surface area contributed by atoms with Crippen LogP contribution in [-0.2, 0) is 6.18 Å². The largest absolute Gasteiger partial charge is 0.416 e. The second-order valence-corrected chi connectivity index (χ2v) is 6.64. The van der Waals surface area contributed by atoms with Gasteiger partial charge in [0.25, 0.3) is 5.91 Å². The van der Waals surface area contributed by atoms with Gasteiger partial charge in [0, 0.05) is 17.6 Å². The third kappa shape index (κ3) is 4.56. The molecule has 2 aromatic carbocycles. The van der Waals surface area contributed by atoms with Crippen molar-refractivity contribution in [2.45, 2.75) is 46.0 Å². The van der Waals surface area contributed by atoms with E-state index in [1.54, 1.807) is 30.3 Å². The quantitative estimate of drug-likeness (QED) is 0.751. The lowest BCUT2D eigenvalue weighted by molar-refractivity contribution is -0.137. The normalized spacial score (nSPS) is 11.7. The minimum atomic E-state index is -4.48. The molecule has 0 spiro atoms. The van der Waals surface area contributed by atoms with Crippen LogP contribution in [0.15, 0.2) is 48.5 Å². The van der Waals surface area contributed by atoms with Gasteiger partial charge in [-0.3, -0.25) is 4.79 Å². The van der Waals surface area contributed by atoms with Crippen LogP contribution in [0.4, 0.5) is 24.5 Å².